The van der Waals surface area contributed by atoms with E-state index in [0.29, 0.717) is 31.5 Å². The fraction of sp³-hybridized carbons (Fsp3) is 0.143. The van der Waals surface area contributed by atoms with Crippen LogP contribution in [0.25, 0.3) is 6.08 Å². The summed E-state index contributed by atoms with van der Waals surface area (Å²) in [5.41, 5.74) is 1.30. The van der Waals surface area contributed by atoms with Crippen LogP contribution in [0.15, 0.2) is 50.8 Å². The summed E-state index contributed by atoms with van der Waals surface area (Å²) < 4.78 is 11.0. The average molecular weight is 521 g/mol. The average Bonchev–Trinajstić information content (AvgIpc) is 3.00. The number of halogens is 1. The molecule has 2 aromatic rings. The van der Waals surface area contributed by atoms with E-state index in [1.54, 1.807) is 37.4 Å². The van der Waals surface area contributed by atoms with Gasteiger partial charge in [-0.3, -0.25) is 9.69 Å². The van der Waals surface area contributed by atoms with Gasteiger partial charge in [-0.15, -0.1) is 0 Å². The number of aliphatic carboxylic acids is 1. The number of carboxylic acids is 2. The SMILES string of the molecule is COc1cc(/C=C2\SC(=Nc3ccc(C(=O)O)cc3)N(C)C2=O)cc(Br)c1OCC(=O)O. The van der Waals surface area contributed by atoms with Crippen LogP contribution in [0.3, 0.4) is 0 Å². The molecule has 0 bridgehead atoms. The quantitative estimate of drug-likeness (QED) is 0.527. The zero-order valence-corrected chi connectivity index (χ0v) is 19.3. The Labute approximate surface area is 195 Å². The van der Waals surface area contributed by atoms with E-state index in [1.165, 1.54) is 35.9 Å². The smallest absolute Gasteiger partial charge is 0.341 e. The molecule has 9 nitrogen and oxygen atoms in total. The molecule has 0 saturated carbocycles. The van der Waals surface area contributed by atoms with E-state index in [1.807, 2.05) is 0 Å². The molecule has 0 radical (unpaired) electrons. The van der Waals surface area contributed by atoms with Gasteiger partial charge in [0.2, 0.25) is 0 Å². The number of carbonyl (C=O) groups is 3. The van der Waals surface area contributed by atoms with Crippen molar-refractivity contribution in [3.8, 4) is 11.5 Å². The first-order chi connectivity index (χ1) is 15.2. The van der Waals surface area contributed by atoms with Crippen molar-refractivity contribution in [1.82, 2.24) is 4.90 Å². The van der Waals surface area contributed by atoms with Gasteiger partial charge in [-0.25, -0.2) is 14.6 Å². The summed E-state index contributed by atoms with van der Waals surface area (Å²) in [6.45, 7) is -0.526. The number of methoxy groups -OCH3 is 1. The fourth-order valence-electron chi connectivity index (χ4n) is 2.69. The molecular weight excluding hydrogens is 504 g/mol. The molecule has 2 N–H and O–H groups in total. The molecule has 166 valence electrons. The number of hydrogen-bond acceptors (Lipinski definition) is 7. The molecule has 2 aromatic carbocycles. The second kappa shape index (κ2) is 9.88. The van der Waals surface area contributed by atoms with E-state index in [9.17, 15) is 14.4 Å². The zero-order valence-electron chi connectivity index (χ0n) is 16.9. The highest BCUT2D eigenvalue weighted by molar-refractivity contribution is 9.10. The van der Waals surface area contributed by atoms with Crippen molar-refractivity contribution in [2.24, 2.45) is 4.99 Å². The molecule has 0 unspecified atom stereocenters. The van der Waals surface area contributed by atoms with Crippen molar-refractivity contribution in [3.05, 3.63) is 56.9 Å². The number of rotatable bonds is 7. The standard InChI is InChI=1S/C21H17BrN2O7S/c1-24-19(27)16(32-21(24)23-13-5-3-12(4-6-13)20(28)29)9-11-7-14(22)18(15(8-11)30-2)31-10-17(25)26/h3-9H,10H2,1-2H3,(H,25,26)(H,28,29)/b16-9-,23-21?. The van der Waals surface area contributed by atoms with E-state index in [0.717, 1.165) is 0 Å². The number of ether oxygens (including phenoxy) is 2. The van der Waals surface area contributed by atoms with Gasteiger partial charge in [-0.1, -0.05) is 0 Å². The largest absolute Gasteiger partial charge is 0.493 e. The molecule has 1 heterocycles. The second-order valence-corrected chi connectivity index (χ2v) is 8.30. The van der Waals surface area contributed by atoms with E-state index in [4.69, 9.17) is 19.7 Å². The number of aliphatic imine (C=N–C) groups is 1. The maximum Gasteiger partial charge on any atom is 0.341 e. The first kappa shape index (κ1) is 23.4. The van der Waals surface area contributed by atoms with Crippen LogP contribution in [0.2, 0.25) is 0 Å². The van der Waals surface area contributed by atoms with Crippen LogP contribution in [0.4, 0.5) is 5.69 Å². The normalized spacial score (nSPS) is 16.0. The third-order valence-electron chi connectivity index (χ3n) is 4.23. The molecule has 3 rings (SSSR count). The molecule has 0 spiro atoms. The van der Waals surface area contributed by atoms with E-state index < -0.39 is 18.5 Å². The molecule has 1 fully saturated rings. The Morgan fingerprint density at radius 1 is 1.22 bits per heavy atom. The number of carbonyl (C=O) groups excluding carboxylic acids is 1. The number of nitrogens with zero attached hydrogens (tertiary/aromatic N) is 2. The van der Waals surface area contributed by atoms with Gasteiger partial charge in [-0.05, 0) is 75.7 Å². The highest BCUT2D eigenvalue weighted by atomic mass is 79.9. The predicted octanol–water partition coefficient (Wildman–Crippen LogP) is 3.85. The lowest BCUT2D eigenvalue weighted by Gasteiger charge is -2.12. The van der Waals surface area contributed by atoms with Crippen LogP contribution < -0.4 is 9.47 Å². The topological polar surface area (TPSA) is 126 Å². The maximum absolute atomic E-state index is 12.7. The Morgan fingerprint density at radius 3 is 2.50 bits per heavy atom. The van der Waals surface area contributed by atoms with Crippen molar-refractivity contribution >= 4 is 62.5 Å². The molecule has 0 atom stereocenters. The number of aromatic carboxylic acids is 1. The molecule has 0 aliphatic carbocycles. The first-order valence-electron chi connectivity index (χ1n) is 9.01. The van der Waals surface area contributed by atoms with Crippen LogP contribution in [0.5, 0.6) is 11.5 Å². The summed E-state index contributed by atoms with van der Waals surface area (Å²) in [5.74, 6) is -1.85. The third-order valence-corrected chi connectivity index (χ3v) is 5.88. The highest BCUT2D eigenvalue weighted by Crippen LogP contribution is 2.39. The molecule has 0 aromatic heterocycles. The summed E-state index contributed by atoms with van der Waals surface area (Å²) in [6.07, 6.45) is 1.66. The van der Waals surface area contributed by atoms with Crippen molar-refractivity contribution < 1.29 is 34.1 Å². The lowest BCUT2D eigenvalue weighted by molar-refractivity contribution is -0.139. The predicted molar refractivity (Wildman–Crippen MR) is 123 cm³/mol. The number of hydrogen-bond donors (Lipinski definition) is 2. The maximum atomic E-state index is 12.7. The number of thioether (sulfide) groups is 1. The zero-order chi connectivity index (χ0) is 23.4. The number of likely N-dealkylation sites (N-methyl/N-ethyl adjacent to an activating group) is 1. The van der Waals surface area contributed by atoms with Crippen molar-refractivity contribution in [2.45, 2.75) is 0 Å². The highest BCUT2D eigenvalue weighted by Gasteiger charge is 2.30. The monoisotopic (exact) mass is 520 g/mol. The Bertz CT molecular complexity index is 1150. The number of amidine groups is 1. The molecular formula is C21H17BrN2O7S. The minimum Gasteiger partial charge on any atom is -0.493 e. The van der Waals surface area contributed by atoms with Crippen LogP contribution in [-0.4, -0.2) is 58.9 Å². The molecule has 32 heavy (non-hydrogen) atoms. The van der Waals surface area contributed by atoms with Gasteiger partial charge in [0.15, 0.2) is 23.3 Å². The van der Waals surface area contributed by atoms with Gasteiger partial charge in [0.25, 0.3) is 5.91 Å². The molecule has 1 aliphatic heterocycles. The number of amides is 1. The summed E-state index contributed by atoms with van der Waals surface area (Å²) in [6, 6.07) is 9.32. The molecule has 11 heteroatoms. The minimum atomic E-state index is -1.12. The lowest BCUT2D eigenvalue weighted by Crippen LogP contribution is -2.23. The summed E-state index contributed by atoms with van der Waals surface area (Å²) in [5, 5.41) is 18.3. The minimum absolute atomic E-state index is 0.147. The summed E-state index contributed by atoms with van der Waals surface area (Å²) in [4.78, 5) is 40.7. The van der Waals surface area contributed by atoms with E-state index >= 15 is 0 Å². The molecule has 1 aliphatic rings. The fourth-order valence-corrected chi connectivity index (χ4v) is 4.25. The van der Waals surface area contributed by atoms with E-state index in [-0.39, 0.29) is 17.2 Å². The van der Waals surface area contributed by atoms with Crippen molar-refractivity contribution in [1.29, 1.82) is 0 Å². The van der Waals surface area contributed by atoms with Gasteiger partial charge in [-0.2, -0.15) is 0 Å². The summed E-state index contributed by atoms with van der Waals surface area (Å²) in [7, 11) is 3.02. The Morgan fingerprint density at radius 2 is 1.91 bits per heavy atom. The van der Waals surface area contributed by atoms with Gasteiger partial charge in [0.1, 0.15) is 0 Å². The van der Waals surface area contributed by atoms with Crippen LogP contribution >= 0.6 is 27.7 Å². The second-order valence-electron chi connectivity index (χ2n) is 6.44. The van der Waals surface area contributed by atoms with Gasteiger partial charge >= 0.3 is 11.9 Å². The number of carboxylic acid groups (broad SMARTS) is 2. The number of benzene rings is 2. The van der Waals surface area contributed by atoms with Gasteiger partial charge in [0, 0.05) is 7.05 Å². The van der Waals surface area contributed by atoms with E-state index in [2.05, 4.69) is 20.9 Å². The Hall–Kier alpha value is -3.31. The Kier molecular flexibility index (Phi) is 7.21. The van der Waals surface area contributed by atoms with Crippen LogP contribution in [-0.2, 0) is 9.59 Å². The molecule has 1 amide bonds. The first-order valence-corrected chi connectivity index (χ1v) is 10.6. The van der Waals surface area contributed by atoms with Gasteiger partial charge < -0.3 is 19.7 Å². The van der Waals surface area contributed by atoms with Crippen LogP contribution in [0.1, 0.15) is 15.9 Å². The Balaban J connectivity index is 1.87. The third kappa shape index (κ3) is 5.29. The van der Waals surface area contributed by atoms with Crippen molar-refractivity contribution in [3.63, 3.8) is 0 Å². The van der Waals surface area contributed by atoms with Crippen LogP contribution in [0, 0.1) is 0 Å². The lowest BCUT2D eigenvalue weighted by atomic mass is 10.2. The van der Waals surface area contributed by atoms with Gasteiger partial charge in [0.05, 0.1) is 27.7 Å². The summed E-state index contributed by atoms with van der Waals surface area (Å²) >= 11 is 4.51. The molecule has 1 saturated heterocycles. The van der Waals surface area contributed by atoms with Crippen molar-refractivity contribution in [2.75, 3.05) is 20.8 Å².